The number of ketones is 2. The number of allylic oxidation sites excluding steroid dienone is 2. The van der Waals surface area contributed by atoms with Crippen molar-refractivity contribution in [1.29, 1.82) is 5.41 Å². The van der Waals surface area contributed by atoms with Gasteiger partial charge in [-0.15, -0.1) is 0 Å². The van der Waals surface area contributed by atoms with Gasteiger partial charge in [0.05, 0.1) is 0 Å². The van der Waals surface area contributed by atoms with Gasteiger partial charge in [0.2, 0.25) is 17.5 Å². The molecule has 0 bridgehead atoms. The molecule has 0 aliphatic heterocycles. The second-order valence-corrected chi connectivity index (χ2v) is 4.14. The average molecular weight is 300 g/mol. The van der Waals surface area contributed by atoms with Crippen LogP contribution in [-0.2, 0) is 9.59 Å². The minimum Gasteiger partial charge on any atom is -0.394 e. The molecule has 22 heavy (non-hydrogen) atoms. The molecule has 0 aliphatic carbocycles. The summed E-state index contributed by atoms with van der Waals surface area (Å²) in [4.78, 5) is 33.9. The SMILES string of the molecule is CN/C=C/C(=O)C(=N)C(=O)/C=C\Nc1ccc(C(N)=O)cc1. The van der Waals surface area contributed by atoms with Crippen LogP contribution in [0.15, 0.2) is 48.8 Å². The van der Waals surface area contributed by atoms with E-state index in [1.54, 1.807) is 19.2 Å². The highest BCUT2D eigenvalue weighted by atomic mass is 16.2. The van der Waals surface area contributed by atoms with E-state index in [-0.39, 0.29) is 0 Å². The molecule has 0 unspecified atom stereocenters. The largest absolute Gasteiger partial charge is 0.394 e. The summed E-state index contributed by atoms with van der Waals surface area (Å²) in [6.07, 6.45) is 4.83. The van der Waals surface area contributed by atoms with Crippen molar-refractivity contribution in [3.63, 3.8) is 0 Å². The third kappa shape index (κ3) is 5.04. The molecule has 0 atom stereocenters. The maximum atomic E-state index is 11.6. The molecule has 114 valence electrons. The first-order valence-electron chi connectivity index (χ1n) is 6.29. The van der Waals surface area contributed by atoms with E-state index in [1.807, 2.05) is 0 Å². The Morgan fingerprint density at radius 2 is 1.59 bits per heavy atom. The Bertz CT molecular complexity index is 645. The first-order chi connectivity index (χ1) is 10.5. The number of amides is 1. The standard InChI is InChI=1S/C15H16N4O3/c1-18-8-6-12(20)14(16)13(21)7-9-19-11-4-2-10(3-5-11)15(17)22/h2-9,16,18-19H,1H3,(H2,17,22)/b8-6+,9-7-,16-14?. The summed E-state index contributed by atoms with van der Waals surface area (Å²) in [6, 6.07) is 6.30. The predicted octanol–water partition coefficient (Wildman–Crippen LogP) is 0.602. The summed E-state index contributed by atoms with van der Waals surface area (Å²) in [5.74, 6) is -1.93. The van der Waals surface area contributed by atoms with Gasteiger partial charge in [0.15, 0.2) is 0 Å². The van der Waals surface area contributed by atoms with Crippen molar-refractivity contribution in [3.05, 3.63) is 54.4 Å². The van der Waals surface area contributed by atoms with E-state index >= 15 is 0 Å². The Labute approximate surface area is 127 Å². The van der Waals surface area contributed by atoms with Crippen molar-refractivity contribution < 1.29 is 14.4 Å². The van der Waals surface area contributed by atoms with Crippen molar-refractivity contribution in [2.75, 3.05) is 12.4 Å². The van der Waals surface area contributed by atoms with E-state index in [9.17, 15) is 14.4 Å². The number of nitrogens with one attached hydrogen (secondary N) is 3. The molecule has 0 aliphatic rings. The van der Waals surface area contributed by atoms with Gasteiger partial charge in [-0.25, -0.2) is 0 Å². The topological polar surface area (TPSA) is 125 Å². The number of hydrogen-bond acceptors (Lipinski definition) is 6. The first-order valence-corrected chi connectivity index (χ1v) is 6.29. The fourth-order valence-electron chi connectivity index (χ4n) is 1.39. The fraction of sp³-hybridized carbons (Fsp3) is 0.0667. The van der Waals surface area contributed by atoms with E-state index in [0.29, 0.717) is 11.3 Å². The summed E-state index contributed by atoms with van der Waals surface area (Å²) in [5.41, 5.74) is 5.48. The number of primary amides is 1. The molecule has 0 spiro atoms. The summed E-state index contributed by atoms with van der Waals surface area (Å²) < 4.78 is 0. The van der Waals surface area contributed by atoms with Gasteiger partial charge in [-0.05, 0) is 24.3 Å². The Hall–Kier alpha value is -3.22. The number of carbonyl (C=O) groups excluding carboxylic acids is 3. The lowest BCUT2D eigenvalue weighted by molar-refractivity contribution is -0.112. The van der Waals surface area contributed by atoms with Gasteiger partial charge in [-0.2, -0.15) is 0 Å². The molecule has 5 N–H and O–H groups in total. The smallest absolute Gasteiger partial charge is 0.248 e. The number of nitrogens with two attached hydrogens (primary N) is 1. The van der Waals surface area contributed by atoms with E-state index < -0.39 is 23.2 Å². The van der Waals surface area contributed by atoms with Crippen LogP contribution < -0.4 is 16.4 Å². The van der Waals surface area contributed by atoms with Crippen molar-refractivity contribution >= 4 is 28.9 Å². The third-order valence-electron chi connectivity index (χ3n) is 2.55. The minimum absolute atomic E-state index is 0.370. The highest BCUT2D eigenvalue weighted by molar-refractivity contribution is 6.69. The fourth-order valence-corrected chi connectivity index (χ4v) is 1.39. The van der Waals surface area contributed by atoms with Crippen LogP contribution in [0.4, 0.5) is 5.69 Å². The number of rotatable bonds is 8. The van der Waals surface area contributed by atoms with Gasteiger partial charge in [0.25, 0.3) is 0 Å². The zero-order valence-electron chi connectivity index (χ0n) is 11.9. The quantitative estimate of drug-likeness (QED) is 0.318. The first kappa shape index (κ1) is 16.8. The van der Waals surface area contributed by atoms with Crippen LogP contribution in [0, 0.1) is 5.41 Å². The molecule has 0 aromatic heterocycles. The lowest BCUT2D eigenvalue weighted by Crippen LogP contribution is -2.20. The normalized spacial score (nSPS) is 10.6. The maximum absolute atomic E-state index is 11.6. The van der Waals surface area contributed by atoms with E-state index in [1.165, 1.54) is 24.5 Å². The van der Waals surface area contributed by atoms with Crippen LogP contribution in [0.5, 0.6) is 0 Å². The molecule has 0 fully saturated rings. The van der Waals surface area contributed by atoms with Gasteiger partial charge in [0.1, 0.15) is 5.71 Å². The number of hydrogen-bond donors (Lipinski definition) is 4. The molecule has 1 aromatic rings. The molecular weight excluding hydrogens is 284 g/mol. The average Bonchev–Trinajstić information content (AvgIpc) is 2.52. The van der Waals surface area contributed by atoms with Crippen molar-refractivity contribution in [2.45, 2.75) is 0 Å². The van der Waals surface area contributed by atoms with E-state index in [2.05, 4.69) is 10.6 Å². The van der Waals surface area contributed by atoms with Crippen molar-refractivity contribution in [2.24, 2.45) is 5.73 Å². The van der Waals surface area contributed by atoms with Crippen LogP contribution >= 0.6 is 0 Å². The van der Waals surface area contributed by atoms with Gasteiger partial charge in [0, 0.05) is 42.9 Å². The molecule has 1 rings (SSSR count). The summed E-state index contributed by atoms with van der Waals surface area (Å²) in [6.45, 7) is 0. The number of anilines is 1. The molecule has 7 nitrogen and oxygen atoms in total. The lowest BCUT2D eigenvalue weighted by Gasteiger charge is -2.01. The molecule has 0 radical (unpaired) electrons. The zero-order chi connectivity index (χ0) is 16.5. The lowest BCUT2D eigenvalue weighted by atomic mass is 10.1. The minimum atomic E-state index is -0.716. The second-order valence-electron chi connectivity index (χ2n) is 4.14. The van der Waals surface area contributed by atoms with E-state index in [4.69, 9.17) is 11.1 Å². The number of carbonyl (C=O) groups is 3. The molecule has 0 saturated carbocycles. The van der Waals surface area contributed by atoms with Crippen LogP contribution in [0.2, 0.25) is 0 Å². The third-order valence-corrected chi connectivity index (χ3v) is 2.55. The Kier molecular flexibility index (Phi) is 6.24. The Balaban J connectivity index is 2.59. The Morgan fingerprint density at radius 3 is 2.09 bits per heavy atom. The highest BCUT2D eigenvalue weighted by Gasteiger charge is 2.12. The summed E-state index contributed by atoms with van der Waals surface area (Å²) >= 11 is 0. The van der Waals surface area contributed by atoms with Crippen LogP contribution in [0.1, 0.15) is 10.4 Å². The van der Waals surface area contributed by atoms with Gasteiger partial charge < -0.3 is 16.4 Å². The van der Waals surface area contributed by atoms with Gasteiger partial charge in [-0.1, -0.05) is 0 Å². The predicted molar refractivity (Wildman–Crippen MR) is 83.7 cm³/mol. The molecule has 0 saturated heterocycles. The summed E-state index contributed by atoms with van der Waals surface area (Å²) in [7, 11) is 1.60. The monoisotopic (exact) mass is 300 g/mol. The van der Waals surface area contributed by atoms with Crippen LogP contribution in [0.3, 0.4) is 0 Å². The van der Waals surface area contributed by atoms with E-state index in [0.717, 1.165) is 12.2 Å². The second kappa shape index (κ2) is 8.15. The highest BCUT2D eigenvalue weighted by Crippen LogP contribution is 2.08. The van der Waals surface area contributed by atoms with Gasteiger partial charge >= 0.3 is 0 Å². The molecule has 0 heterocycles. The van der Waals surface area contributed by atoms with Gasteiger partial charge in [-0.3, -0.25) is 19.8 Å². The van der Waals surface area contributed by atoms with Crippen molar-refractivity contribution in [3.8, 4) is 0 Å². The molecular formula is C15H16N4O3. The molecule has 1 aromatic carbocycles. The summed E-state index contributed by atoms with van der Waals surface area (Å²) in [5, 5.41) is 12.8. The zero-order valence-corrected chi connectivity index (χ0v) is 11.9. The number of benzene rings is 1. The van der Waals surface area contributed by atoms with Crippen LogP contribution in [0.25, 0.3) is 0 Å². The molecule has 7 heteroatoms. The maximum Gasteiger partial charge on any atom is 0.248 e. The van der Waals surface area contributed by atoms with Crippen molar-refractivity contribution in [1.82, 2.24) is 5.32 Å². The molecule has 1 amide bonds. The van der Waals surface area contributed by atoms with Crippen LogP contribution in [-0.4, -0.2) is 30.2 Å². The Morgan fingerprint density at radius 1 is 1.05 bits per heavy atom.